The van der Waals surface area contributed by atoms with Gasteiger partial charge in [0.2, 0.25) is 0 Å². The van der Waals surface area contributed by atoms with Gasteiger partial charge in [0.05, 0.1) is 17.6 Å². The van der Waals surface area contributed by atoms with E-state index in [2.05, 4.69) is 5.16 Å². The summed E-state index contributed by atoms with van der Waals surface area (Å²) in [6.07, 6.45) is 1.08. The molecule has 0 aliphatic carbocycles. The first-order valence-electron chi connectivity index (χ1n) is 8.36. The molecule has 0 saturated heterocycles. The first-order valence-corrected chi connectivity index (χ1v) is 10.3. The number of ether oxygens (including phenoxy) is 2. The maximum atomic E-state index is 12.4. The smallest absolute Gasteiger partial charge is 0.338 e. The molecule has 3 rings (SSSR count). The van der Waals surface area contributed by atoms with Crippen molar-refractivity contribution in [1.29, 1.82) is 0 Å². The van der Waals surface area contributed by atoms with Crippen LogP contribution in [0.3, 0.4) is 0 Å². The van der Waals surface area contributed by atoms with Crippen LogP contribution in [0.5, 0.6) is 5.75 Å². The number of hydrogen-bond donors (Lipinski definition) is 0. The zero-order valence-corrected chi connectivity index (χ0v) is 16.4. The number of aryl methyl sites for hydroxylation is 1. The standard InChI is InChI=1S/C20H19NO6S/c1-13-8-9-15(28(3,23)24)11-17(13)20(22)26-12-14-10-18(21-27-14)16-6-4-5-7-19(16)25-2/h4-11H,12H2,1-3H3. The van der Waals surface area contributed by atoms with Crippen molar-refractivity contribution >= 4 is 15.8 Å². The summed E-state index contributed by atoms with van der Waals surface area (Å²) in [5, 5.41) is 3.98. The van der Waals surface area contributed by atoms with Crippen LogP contribution >= 0.6 is 0 Å². The number of rotatable bonds is 6. The molecule has 0 spiro atoms. The predicted molar refractivity (Wildman–Crippen MR) is 102 cm³/mol. The molecular weight excluding hydrogens is 382 g/mol. The van der Waals surface area contributed by atoms with Gasteiger partial charge in [0.25, 0.3) is 0 Å². The van der Waals surface area contributed by atoms with Gasteiger partial charge in [-0.3, -0.25) is 0 Å². The summed E-state index contributed by atoms with van der Waals surface area (Å²) in [6.45, 7) is 1.57. The summed E-state index contributed by atoms with van der Waals surface area (Å²) in [7, 11) is -1.86. The Morgan fingerprint density at radius 3 is 2.61 bits per heavy atom. The Balaban J connectivity index is 1.75. The van der Waals surface area contributed by atoms with Crippen molar-refractivity contribution < 1.29 is 27.2 Å². The summed E-state index contributed by atoms with van der Waals surface area (Å²) in [4.78, 5) is 12.5. The van der Waals surface area contributed by atoms with Crippen molar-refractivity contribution in [3.05, 3.63) is 65.4 Å². The lowest BCUT2D eigenvalue weighted by molar-refractivity contribution is 0.0436. The maximum Gasteiger partial charge on any atom is 0.338 e. The molecule has 0 radical (unpaired) electrons. The van der Waals surface area contributed by atoms with Crippen LogP contribution in [0, 0.1) is 6.92 Å². The van der Waals surface area contributed by atoms with Crippen LogP contribution in [0.15, 0.2) is 57.9 Å². The molecule has 0 N–H and O–H groups in total. The molecule has 2 aromatic carbocycles. The Bertz CT molecular complexity index is 1120. The largest absolute Gasteiger partial charge is 0.496 e. The van der Waals surface area contributed by atoms with E-state index < -0.39 is 15.8 Å². The first-order chi connectivity index (χ1) is 13.3. The van der Waals surface area contributed by atoms with E-state index in [-0.39, 0.29) is 17.1 Å². The van der Waals surface area contributed by atoms with Crippen LogP contribution in [-0.4, -0.2) is 32.9 Å². The Morgan fingerprint density at radius 2 is 1.89 bits per heavy atom. The average molecular weight is 401 g/mol. The van der Waals surface area contributed by atoms with E-state index in [9.17, 15) is 13.2 Å². The van der Waals surface area contributed by atoms with Crippen LogP contribution in [0.25, 0.3) is 11.3 Å². The highest BCUT2D eigenvalue weighted by atomic mass is 32.2. The van der Waals surface area contributed by atoms with Gasteiger partial charge in [-0.15, -0.1) is 0 Å². The van der Waals surface area contributed by atoms with Crippen LogP contribution in [0.1, 0.15) is 21.7 Å². The number of hydrogen-bond acceptors (Lipinski definition) is 7. The fourth-order valence-corrected chi connectivity index (χ4v) is 3.28. The molecule has 0 amide bonds. The molecule has 0 fully saturated rings. The molecule has 0 atom stereocenters. The second kappa shape index (κ2) is 7.85. The lowest BCUT2D eigenvalue weighted by Gasteiger charge is -2.07. The van der Waals surface area contributed by atoms with Crippen LogP contribution in [0.2, 0.25) is 0 Å². The van der Waals surface area contributed by atoms with Gasteiger partial charge in [-0.2, -0.15) is 0 Å². The Hall–Kier alpha value is -3.13. The molecular formula is C20H19NO6S. The second-order valence-electron chi connectivity index (χ2n) is 6.20. The molecule has 0 saturated carbocycles. The maximum absolute atomic E-state index is 12.4. The summed E-state index contributed by atoms with van der Waals surface area (Å²) >= 11 is 0. The number of methoxy groups -OCH3 is 1. The van der Waals surface area contributed by atoms with Crippen molar-refractivity contribution in [3.8, 4) is 17.0 Å². The van der Waals surface area contributed by atoms with Crippen molar-refractivity contribution in [2.24, 2.45) is 0 Å². The number of esters is 1. The normalized spacial score (nSPS) is 11.2. The van der Waals surface area contributed by atoms with Gasteiger partial charge in [0, 0.05) is 17.9 Å². The Labute approximate surface area is 162 Å². The average Bonchev–Trinajstić information content (AvgIpc) is 3.14. The van der Waals surface area contributed by atoms with E-state index >= 15 is 0 Å². The minimum absolute atomic E-state index is 0.0585. The van der Waals surface area contributed by atoms with E-state index in [0.717, 1.165) is 11.8 Å². The van der Waals surface area contributed by atoms with Crippen molar-refractivity contribution in [3.63, 3.8) is 0 Å². The third-order valence-electron chi connectivity index (χ3n) is 4.14. The monoisotopic (exact) mass is 401 g/mol. The van der Waals surface area contributed by atoms with E-state index in [1.165, 1.54) is 12.1 Å². The highest BCUT2D eigenvalue weighted by Crippen LogP contribution is 2.29. The third-order valence-corrected chi connectivity index (χ3v) is 5.25. The molecule has 0 bridgehead atoms. The first kappa shape index (κ1) is 19.6. The Kier molecular flexibility index (Phi) is 5.51. The van der Waals surface area contributed by atoms with E-state index in [1.54, 1.807) is 32.2 Å². The molecule has 0 aliphatic heterocycles. The fourth-order valence-electron chi connectivity index (χ4n) is 2.63. The molecule has 146 valence electrons. The fraction of sp³-hybridized carbons (Fsp3) is 0.200. The second-order valence-corrected chi connectivity index (χ2v) is 8.22. The Morgan fingerprint density at radius 1 is 1.14 bits per heavy atom. The SMILES string of the molecule is COc1ccccc1-c1cc(COC(=O)c2cc(S(C)(=O)=O)ccc2C)on1. The highest BCUT2D eigenvalue weighted by molar-refractivity contribution is 7.90. The summed E-state index contributed by atoms with van der Waals surface area (Å²) < 4.78 is 39.2. The molecule has 1 aromatic heterocycles. The van der Waals surface area contributed by atoms with Gasteiger partial charge in [0.15, 0.2) is 22.2 Å². The summed E-state index contributed by atoms with van der Waals surface area (Å²) in [5.41, 5.74) is 2.11. The predicted octanol–water partition coefficient (Wildman–Crippen LogP) is 3.42. The number of benzene rings is 2. The van der Waals surface area contributed by atoms with Gasteiger partial charge >= 0.3 is 5.97 Å². The van der Waals surface area contributed by atoms with E-state index in [0.29, 0.717) is 22.8 Å². The van der Waals surface area contributed by atoms with Gasteiger partial charge in [-0.25, -0.2) is 13.2 Å². The number of carbonyl (C=O) groups is 1. The van der Waals surface area contributed by atoms with Gasteiger partial charge in [-0.05, 0) is 36.8 Å². The van der Waals surface area contributed by atoms with Crippen molar-refractivity contribution in [2.75, 3.05) is 13.4 Å². The van der Waals surface area contributed by atoms with Crippen LogP contribution < -0.4 is 4.74 Å². The quantitative estimate of drug-likeness (QED) is 0.584. The molecule has 7 nitrogen and oxygen atoms in total. The van der Waals surface area contributed by atoms with E-state index in [4.69, 9.17) is 14.0 Å². The summed E-state index contributed by atoms with van der Waals surface area (Å²) in [6, 6.07) is 13.3. The zero-order chi connectivity index (χ0) is 20.3. The minimum atomic E-state index is -3.42. The van der Waals surface area contributed by atoms with Crippen LogP contribution in [-0.2, 0) is 21.2 Å². The molecule has 8 heteroatoms. The summed E-state index contributed by atoms with van der Waals surface area (Å²) in [5.74, 6) is 0.358. The number of aromatic nitrogens is 1. The number of carbonyl (C=O) groups excluding carboxylic acids is 1. The lowest BCUT2D eigenvalue weighted by atomic mass is 10.1. The molecule has 3 aromatic rings. The van der Waals surface area contributed by atoms with E-state index in [1.807, 2.05) is 18.2 Å². The molecule has 28 heavy (non-hydrogen) atoms. The molecule has 1 heterocycles. The van der Waals surface area contributed by atoms with Crippen molar-refractivity contribution in [2.45, 2.75) is 18.4 Å². The lowest BCUT2D eigenvalue weighted by Crippen LogP contribution is -2.09. The molecule has 0 unspecified atom stereocenters. The molecule has 0 aliphatic rings. The number of sulfone groups is 1. The number of nitrogens with zero attached hydrogens (tertiary/aromatic N) is 1. The number of para-hydroxylation sites is 1. The van der Waals surface area contributed by atoms with Gasteiger partial charge < -0.3 is 14.0 Å². The van der Waals surface area contributed by atoms with Crippen molar-refractivity contribution in [1.82, 2.24) is 5.16 Å². The van der Waals surface area contributed by atoms with Crippen LogP contribution in [0.4, 0.5) is 0 Å². The zero-order valence-electron chi connectivity index (χ0n) is 15.6. The van der Waals surface area contributed by atoms with Gasteiger partial charge in [0.1, 0.15) is 11.4 Å². The topological polar surface area (TPSA) is 95.7 Å². The highest BCUT2D eigenvalue weighted by Gasteiger charge is 2.17. The minimum Gasteiger partial charge on any atom is -0.496 e. The van der Waals surface area contributed by atoms with Gasteiger partial charge in [-0.1, -0.05) is 23.4 Å². The third kappa shape index (κ3) is 4.23.